The van der Waals surface area contributed by atoms with Crippen LogP contribution in [0.5, 0.6) is 0 Å². The Morgan fingerprint density at radius 1 is 1.43 bits per heavy atom. The van der Waals surface area contributed by atoms with E-state index in [9.17, 15) is 9.59 Å². The molecule has 2 amide bonds. The number of nitrogens with zero attached hydrogens (tertiary/aromatic N) is 1. The van der Waals surface area contributed by atoms with Gasteiger partial charge in [-0.15, -0.1) is 0 Å². The van der Waals surface area contributed by atoms with Gasteiger partial charge in [0.1, 0.15) is 0 Å². The molecule has 0 aromatic carbocycles. The maximum absolute atomic E-state index is 11.7. The van der Waals surface area contributed by atoms with Crippen molar-refractivity contribution in [1.29, 1.82) is 0 Å². The first-order valence-corrected chi connectivity index (χ1v) is 4.80. The van der Waals surface area contributed by atoms with E-state index in [-0.39, 0.29) is 23.7 Å². The quantitative estimate of drug-likeness (QED) is 0.465. The van der Waals surface area contributed by atoms with Crippen molar-refractivity contribution in [3.8, 4) is 0 Å². The molecule has 3 nitrogen and oxygen atoms in total. The fraction of sp³-hybridized carbons (Fsp3) is 0.455. The van der Waals surface area contributed by atoms with E-state index in [1.807, 2.05) is 6.92 Å². The summed E-state index contributed by atoms with van der Waals surface area (Å²) in [5.41, 5.74) is 1.21. The molecule has 1 saturated heterocycles. The molecule has 0 aromatic rings. The van der Waals surface area contributed by atoms with Gasteiger partial charge >= 0.3 is 0 Å². The molecule has 0 bridgehead atoms. The number of hydrogen-bond donors (Lipinski definition) is 0. The third-order valence-corrected chi connectivity index (χ3v) is 3.04. The van der Waals surface area contributed by atoms with E-state index >= 15 is 0 Å². The molecule has 2 atom stereocenters. The molecule has 0 spiro atoms. The van der Waals surface area contributed by atoms with Gasteiger partial charge in [-0.25, -0.2) is 0 Å². The van der Waals surface area contributed by atoms with Crippen molar-refractivity contribution in [3.05, 3.63) is 24.4 Å². The molecule has 14 heavy (non-hydrogen) atoms. The van der Waals surface area contributed by atoms with E-state index in [0.717, 1.165) is 6.42 Å². The summed E-state index contributed by atoms with van der Waals surface area (Å²) in [5.74, 6) is -0.434. The fourth-order valence-electron chi connectivity index (χ4n) is 2.24. The first-order valence-electron chi connectivity index (χ1n) is 4.80. The minimum atomic E-state index is -0.135. The lowest BCUT2D eigenvalue weighted by molar-refractivity contribution is -0.136. The summed E-state index contributed by atoms with van der Waals surface area (Å²) in [5, 5.41) is 0. The van der Waals surface area contributed by atoms with E-state index in [1.165, 1.54) is 16.7 Å². The van der Waals surface area contributed by atoms with Gasteiger partial charge in [0.25, 0.3) is 0 Å². The van der Waals surface area contributed by atoms with Gasteiger partial charge in [0.2, 0.25) is 11.8 Å². The summed E-state index contributed by atoms with van der Waals surface area (Å²) in [6.07, 6.45) is 4.81. The molecule has 0 radical (unpaired) electrons. The van der Waals surface area contributed by atoms with Crippen molar-refractivity contribution in [2.75, 3.05) is 0 Å². The van der Waals surface area contributed by atoms with Crippen LogP contribution in [0.1, 0.15) is 19.8 Å². The predicted molar refractivity (Wildman–Crippen MR) is 52.0 cm³/mol. The van der Waals surface area contributed by atoms with Gasteiger partial charge in [-0.3, -0.25) is 14.5 Å². The normalized spacial score (nSPS) is 31.5. The molecule has 3 heteroatoms. The van der Waals surface area contributed by atoms with Crippen LogP contribution < -0.4 is 0 Å². The van der Waals surface area contributed by atoms with Gasteiger partial charge in [0.05, 0.1) is 11.8 Å². The molecule has 0 saturated carbocycles. The minimum absolute atomic E-state index is 0.0811. The van der Waals surface area contributed by atoms with Crippen LogP contribution in [0.4, 0.5) is 0 Å². The molecule has 74 valence electrons. The largest absolute Gasteiger partial charge is 0.274 e. The highest BCUT2D eigenvalue weighted by Crippen LogP contribution is 2.37. The molecule has 1 aliphatic carbocycles. The predicted octanol–water partition coefficient (Wildman–Crippen LogP) is 1.47. The van der Waals surface area contributed by atoms with Crippen molar-refractivity contribution in [1.82, 2.24) is 4.90 Å². The van der Waals surface area contributed by atoms with Crippen LogP contribution in [0.15, 0.2) is 24.4 Å². The maximum atomic E-state index is 11.7. The molecule has 2 unspecified atom stereocenters. The maximum Gasteiger partial charge on any atom is 0.237 e. The second-order valence-corrected chi connectivity index (χ2v) is 3.93. The first-order chi connectivity index (χ1) is 6.65. The Hall–Kier alpha value is -1.38. The molecular weight excluding hydrogens is 178 g/mol. The Labute approximate surface area is 83.1 Å². The molecule has 1 heterocycles. The zero-order valence-corrected chi connectivity index (χ0v) is 8.19. The second kappa shape index (κ2) is 3.08. The monoisotopic (exact) mass is 191 g/mol. The summed E-state index contributed by atoms with van der Waals surface area (Å²) >= 11 is 0. The number of amides is 2. The van der Waals surface area contributed by atoms with E-state index in [0.29, 0.717) is 6.42 Å². The zero-order valence-electron chi connectivity index (χ0n) is 8.19. The number of rotatable bonds is 1. The minimum Gasteiger partial charge on any atom is -0.274 e. The van der Waals surface area contributed by atoms with Gasteiger partial charge in [0, 0.05) is 6.20 Å². The van der Waals surface area contributed by atoms with E-state index < -0.39 is 0 Å². The third kappa shape index (κ3) is 1.12. The molecule has 0 aromatic heterocycles. The summed E-state index contributed by atoms with van der Waals surface area (Å²) in [6, 6.07) is 0. The van der Waals surface area contributed by atoms with Crippen LogP contribution in [-0.2, 0) is 9.59 Å². The van der Waals surface area contributed by atoms with Gasteiger partial charge in [0.15, 0.2) is 0 Å². The van der Waals surface area contributed by atoms with Crippen LogP contribution in [0.3, 0.4) is 0 Å². The third-order valence-electron chi connectivity index (χ3n) is 3.04. The van der Waals surface area contributed by atoms with Crippen LogP contribution in [0, 0.1) is 11.8 Å². The molecule has 1 fully saturated rings. The number of carbonyl (C=O) groups is 2. The highest BCUT2D eigenvalue weighted by molar-refractivity contribution is 6.06. The number of allylic oxidation sites excluding steroid dienone is 2. The van der Waals surface area contributed by atoms with Crippen molar-refractivity contribution in [2.24, 2.45) is 11.8 Å². The Morgan fingerprint density at radius 3 is 2.71 bits per heavy atom. The van der Waals surface area contributed by atoms with Crippen molar-refractivity contribution in [3.63, 3.8) is 0 Å². The fourth-order valence-corrected chi connectivity index (χ4v) is 2.24. The van der Waals surface area contributed by atoms with E-state index in [2.05, 4.69) is 12.7 Å². The Kier molecular flexibility index (Phi) is 2.02. The average Bonchev–Trinajstić information content (AvgIpc) is 2.39. The first kappa shape index (κ1) is 9.19. The number of carbonyl (C=O) groups excluding carboxylic acids is 2. The topological polar surface area (TPSA) is 37.4 Å². The summed E-state index contributed by atoms with van der Waals surface area (Å²) < 4.78 is 0. The van der Waals surface area contributed by atoms with E-state index in [1.54, 1.807) is 0 Å². The van der Waals surface area contributed by atoms with Crippen molar-refractivity contribution < 1.29 is 9.59 Å². The van der Waals surface area contributed by atoms with Gasteiger partial charge in [-0.1, -0.05) is 18.2 Å². The number of likely N-dealkylation sites (tertiary alicyclic amines) is 1. The highest BCUT2D eigenvalue weighted by Gasteiger charge is 2.46. The standard InChI is InChI=1S/C11H13NO2/c1-3-12-10(13)8-5-4-7(2)6-9(8)11(12)14/h3-4,8-9H,1,5-6H2,2H3. The lowest BCUT2D eigenvalue weighted by Crippen LogP contribution is -2.24. The lowest BCUT2D eigenvalue weighted by Gasteiger charge is -2.18. The van der Waals surface area contributed by atoms with Gasteiger partial charge < -0.3 is 0 Å². The Morgan fingerprint density at radius 2 is 2.07 bits per heavy atom. The second-order valence-electron chi connectivity index (χ2n) is 3.93. The Balaban J connectivity index is 2.31. The summed E-state index contributed by atoms with van der Waals surface area (Å²) in [6.45, 7) is 5.49. The SMILES string of the molecule is C=CN1C(=O)C2CC=C(C)CC2C1=O. The summed E-state index contributed by atoms with van der Waals surface area (Å²) in [4.78, 5) is 24.6. The average molecular weight is 191 g/mol. The summed E-state index contributed by atoms with van der Waals surface area (Å²) in [7, 11) is 0. The molecule has 2 aliphatic rings. The molecule has 0 N–H and O–H groups in total. The van der Waals surface area contributed by atoms with Crippen LogP contribution in [-0.4, -0.2) is 16.7 Å². The van der Waals surface area contributed by atoms with Gasteiger partial charge in [-0.2, -0.15) is 0 Å². The lowest BCUT2D eigenvalue weighted by atomic mass is 9.82. The Bertz CT molecular complexity index is 343. The zero-order chi connectivity index (χ0) is 10.3. The smallest absolute Gasteiger partial charge is 0.237 e. The number of imide groups is 1. The molecule has 2 rings (SSSR count). The van der Waals surface area contributed by atoms with Crippen LogP contribution in [0.2, 0.25) is 0 Å². The van der Waals surface area contributed by atoms with Gasteiger partial charge in [-0.05, 0) is 19.8 Å². The highest BCUT2D eigenvalue weighted by atomic mass is 16.2. The molecular formula is C11H13NO2. The number of hydrogen-bond acceptors (Lipinski definition) is 2. The van der Waals surface area contributed by atoms with Crippen molar-refractivity contribution >= 4 is 11.8 Å². The number of fused-ring (bicyclic) bond motifs is 1. The van der Waals surface area contributed by atoms with Crippen LogP contribution in [0.25, 0.3) is 0 Å². The van der Waals surface area contributed by atoms with Crippen molar-refractivity contribution in [2.45, 2.75) is 19.8 Å². The molecule has 1 aliphatic heterocycles. The van der Waals surface area contributed by atoms with Crippen LogP contribution >= 0.6 is 0 Å². The van der Waals surface area contributed by atoms with E-state index in [4.69, 9.17) is 0 Å².